The first-order chi connectivity index (χ1) is 9.74. The molecule has 0 radical (unpaired) electrons. The van der Waals surface area contributed by atoms with Gasteiger partial charge in [0.2, 0.25) is 5.91 Å². The number of benzene rings is 1. The summed E-state index contributed by atoms with van der Waals surface area (Å²) >= 11 is 0. The van der Waals surface area contributed by atoms with E-state index in [2.05, 4.69) is 12.2 Å². The molecule has 0 spiro atoms. The van der Waals surface area contributed by atoms with Crippen LogP contribution < -0.4 is 10.1 Å². The molecule has 0 aliphatic carbocycles. The summed E-state index contributed by atoms with van der Waals surface area (Å²) in [6.07, 6.45) is 2.52. The standard InChI is InChI=1S/C16H23NO3/c1-3-15(12-4-6-14(19-2)7-5-12)17-16(18)13-8-10-20-11-9-13/h4-7,13,15H,3,8-11H2,1-2H3,(H,17,18). The summed E-state index contributed by atoms with van der Waals surface area (Å²) in [5.41, 5.74) is 1.12. The van der Waals surface area contributed by atoms with Gasteiger partial charge in [-0.3, -0.25) is 4.79 Å². The fourth-order valence-electron chi connectivity index (χ4n) is 2.51. The van der Waals surface area contributed by atoms with E-state index < -0.39 is 0 Å². The normalized spacial score (nSPS) is 17.5. The second-order valence-corrected chi connectivity index (χ2v) is 5.13. The zero-order valence-corrected chi connectivity index (χ0v) is 12.2. The van der Waals surface area contributed by atoms with Crippen LogP contribution in [-0.4, -0.2) is 26.2 Å². The van der Waals surface area contributed by atoms with E-state index in [0.717, 1.165) is 30.6 Å². The van der Waals surface area contributed by atoms with Crippen molar-refractivity contribution >= 4 is 5.91 Å². The Morgan fingerprint density at radius 2 is 2.00 bits per heavy atom. The number of rotatable bonds is 5. The van der Waals surface area contributed by atoms with E-state index in [1.165, 1.54) is 0 Å². The zero-order chi connectivity index (χ0) is 14.4. The molecule has 1 amide bonds. The Morgan fingerprint density at radius 3 is 2.55 bits per heavy atom. The average Bonchev–Trinajstić information content (AvgIpc) is 2.53. The fourth-order valence-corrected chi connectivity index (χ4v) is 2.51. The van der Waals surface area contributed by atoms with Crippen LogP contribution in [0.3, 0.4) is 0 Å². The smallest absolute Gasteiger partial charge is 0.223 e. The second kappa shape index (κ2) is 7.29. The molecule has 1 saturated heterocycles. The molecule has 1 unspecified atom stereocenters. The number of carbonyl (C=O) groups excluding carboxylic acids is 1. The zero-order valence-electron chi connectivity index (χ0n) is 12.2. The first kappa shape index (κ1) is 14.9. The van der Waals surface area contributed by atoms with Crippen molar-refractivity contribution in [2.45, 2.75) is 32.2 Å². The topological polar surface area (TPSA) is 47.6 Å². The maximum absolute atomic E-state index is 12.3. The highest BCUT2D eigenvalue weighted by atomic mass is 16.5. The predicted molar refractivity (Wildman–Crippen MR) is 77.7 cm³/mol. The summed E-state index contributed by atoms with van der Waals surface area (Å²) in [7, 11) is 1.65. The van der Waals surface area contributed by atoms with Crippen LogP contribution in [0.2, 0.25) is 0 Å². The highest BCUT2D eigenvalue weighted by molar-refractivity contribution is 5.79. The minimum Gasteiger partial charge on any atom is -0.497 e. The molecule has 4 nitrogen and oxygen atoms in total. The molecule has 2 rings (SSSR count). The largest absolute Gasteiger partial charge is 0.497 e. The van der Waals surface area contributed by atoms with E-state index >= 15 is 0 Å². The first-order valence-corrected chi connectivity index (χ1v) is 7.26. The molecule has 1 aromatic carbocycles. The van der Waals surface area contributed by atoms with Gasteiger partial charge in [-0.25, -0.2) is 0 Å². The molecular weight excluding hydrogens is 254 g/mol. The fraction of sp³-hybridized carbons (Fsp3) is 0.562. The van der Waals surface area contributed by atoms with Gasteiger partial charge in [-0.2, -0.15) is 0 Å². The first-order valence-electron chi connectivity index (χ1n) is 7.26. The molecule has 1 atom stereocenters. The lowest BCUT2D eigenvalue weighted by molar-refractivity contribution is -0.128. The number of methoxy groups -OCH3 is 1. The maximum Gasteiger partial charge on any atom is 0.223 e. The van der Waals surface area contributed by atoms with Gasteiger partial charge in [-0.1, -0.05) is 19.1 Å². The number of nitrogens with one attached hydrogen (secondary N) is 1. The lowest BCUT2D eigenvalue weighted by Crippen LogP contribution is -2.36. The molecule has 1 fully saturated rings. The van der Waals surface area contributed by atoms with E-state index in [1.54, 1.807) is 7.11 Å². The minimum absolute atomic E-state index is 0.0660. The molecule has 0 aromatic heterocycles. The molecule has 0 bridgehead atoms. The third-order valence-corrected chi connectivity index (χ3v) is 3.84. The maximum atomic E-state index is 12.3. The molecule has 1 aliphatic rings. The Bertz CT molecular complexity index is 424. The van der Waals surface area contributed by atoms with Gasteiger partial charge in [0.1, 0.15) is 5.75 Å². The van der Waals surface area contributed by atoms with Crippen molar-refractivity contribution in [1.82, 2.24) is 5.32 Å². The minimum atomic E-state index is 0.0660. The van der Waals surface area contributed by atoms with Crippen molar-refractivity contribution in [1.29, 1.82) is 0 Å². The molecule has 4 heteroatoms. The lowest BCUT2D eigenvalue weighted by atomic mass is 9.97. The van der Waals surface area contributed by atoms with Crippen molar-refractivity contribution in [3.8, 4) is 5.75 Å². The molecular formula is C16H23NO3. The predicted octanol–water partition coefficient (Wildman–Crippen LogP) is 2.69. The van der Waals surface area contributed by atoms with Crippen LogP contribution in [0.15, 0.2) is 24.3 Å². The molecule has 1 heterocycles. The highest BCUT2D eigenvalue weighted by Crippen LogP contribution is 2.22. The Kier molecular flexibility index (Phi) is 5.41. The van der Waals surface area contributed by atoms with Crippen LogP contribution in [0, 0.1) is 5.92 Å². The lowest BCUT2D eigenvalue weighted by Gasteiger charge is -2.25. The van der Waals surface area contributed by atoms with Gasteiger partial charge in [0.25, 0.3) is 0 Å². The van der Waals surface area contributed by atoms with E-state index in [0.29, 0.717) is 13.2 Å². The van der Waals surface area contributed by atoms with Crippen LogP contribution in [0.25, 0.3) is 0 Å². The quantitative estimate of drug-likeness (QED) is 0.900. The summed E-state index contributed by atoms with van der Waals surface area (Å²) in [4.78, 5) is 12.3. The van der Waals surface area contributed by atoms with Crippen LogP contribution in [0.4, 0.5) is 0 Å². The second-order valence-electron chi connectivity index (χ2n) is 5.13. The van der Waals surface area contributed by atoms with Crippen molar-refractivity contribution in [2.24, 2.45) is 5.92 Å². The van der Waals surface area contributed by atoms with Crippen LogP contribution in [0.1, 0.15) is 37.8 Å². The third-order valence-electron chi connectivity index (χ3n) is 3.84. The summed E-state index contributed by atoms with van der Waals surface area (Å²) in [6.45, 7) is 3.47. The number of hydrogen-bond acceptors (Lipinski definition) is 3. The van der Waals surface area contributed by atoms with Gasteiger partial charge in [0.05, 0.1) is 13.2 Å². The molecule has 1 aromatic rings. The van der Waals surface area contributed by atoms with Gasteiger partial charge < -0.3 is 14.8 Å². The average molecular weight is 277 g/mol. The SMILES string of the molecule is CCC(NC(=O)C1CCOCC1)c1ccc(OC)cc1. The number of ether oxygens (including phenoxy) is 2. The van der Waals surface area contributed by atoms with Gasteiger partial charge in [-0.05, 0) is 37.0 Å². The van der Waals surface area contributed by atoms with Crippen molar-refractivity contribution < 1.29 is 14.3 Å². The monoisotopic (exact) mass is 277 g/mol. The highest BCUT2D eigenvalue weighted by Gasteiger charge is 2.23. The Labute approximate surface area is 120 Å². The van der Waals surface area contributed by atoms with E-state index in [-0.39, 0.29) is 17.9 Å². The summed E-state index contributed by atoms with van der Waals surface area (Å²) in [6, 6.07) is 7.95. The molecule has 20 heavy (non-hydrogen) atoms. The van der Waals surface area contributed by atoms with Crippen LogP contribution in [-0.2, 0) is 9.53 Å². The van der Waals surface area contributed by atoms with E-state index in [1.807, 2.05) is 24.3 Å². The Balaban J connectivity index is 1.98. The van der Waals surface area contributed by atoms with E-state index in [9.17, 15) is 4.79 Å². The summed E-state index contributed by atoms with van der Waals surface area (Å²) in [5, 5.41) is 3.15. The molecule has 1 N–H and O–H groups in total. The number of amides is 1. The van der Waals surface area contributed by atoms with Gasteiger partial charge in [-0.15, -0.1) is 0 Å². The summed E-state index contributed by atoms with van der Waals surface area (Å²) in [5.74, 6) is 1.08. The third kappa shape index (κ3) is 3.73. The molecule has 110 valence electrons. The number of hydrogen-bond donors (Lipinski definition) is 1. The van der Waals surface area contributed by atoms with Crippen LogP contribution >= 0.6 is 0 Å². The Hall–Kier alpha value is -1.55. The molecule has 0 saturated carbocycles. The van der Waals surface area contributed by atoms with Crippen LogP contribution in [0.5, 0.6) is 5.75 Å². The van der Waals surface area contributed by atoms with Gasteiger partial charge >= 0.3 is 0 Å². The van der Waals surface area contributed by atoms with Crippen molar-refractivity contribution in [3.05, 3.63) is 29.8 Å². The van der Waals surface area contributed by atoms with Crippen molar-refractivity contribution in [2.75, 3.05) is 20.3 Å². The Morgan fingerprint density at radius 1 is 1.35 bits per heavy atom. The summed E-state index contributed by atoms with van der Waals surface area (Å²) < 4.78 is 10.5. The number of carbonyl (C=O) groups is 1. The van der Waals surface area contributed by atoms with E-state index in [4.69, 9.17) is 9.47 Å². The van der Waals surface area contributed by atoms with Gasteiger partial charge in [0, 0.05) is 19.1 Å². The molecule has 1 aliphatic heterocycles. The van der Waals surface area contributed by atoms with Gasteiger partial charge in [0.15, 0.2) is 0 Å². The van der Waals surface area contributed by atoms with Crippen molar-refractivity contribution in [3.63, 3.8) is 0 Å².